The maximum absolute atomic E-state index is 13.1. The molecule has 3 nitrogen and oxygen atoms in total. The van der Waals surface area contributed by atoms with Gasteiger partial charge in [0.25, 0.3) is 0 Å². The minimum Gasteiger partial charge on any atom is -0.241 e. The van der Waals surface area contributed by atoms with E-state index in [2.05, 4.69) is 15.2 Å². The van der Waals surface area contributed by atoms with Crippen LogP contribution in [0.4, 0.5) is 17.6 Å². The SMILES string of the molecule is Cc1nc(-c2ccc(F)cc2)sc1-c1ccc(SCc2cccc(C(F)(F)F)c2)nn1. The molecule has 0 N–H and O–H groups in total. The lowest BCUT2D eigenvalue weighted by atomic mass is 10.1. The van der Waals surface area contributed by atoms with Gasteiger partial charge in [-0.25, -0.2) is 9.37 Å². The van der Waals surface area contributed by atoms with Crippen molar-refractivity contribution in [3.05, 3.63) is 83.3 Å². The topological polar surface area (TPSA) is 38.7 Å². The van der Waals surface area contributed by atoms with Crippen molar-refractivity contribution in [1.82, 2.24) is 15.2 Å². The lowest BCUT2D eigenvalue weighted by Gasteiger charge is -2.08. The monoisotopic (exact) mass is 461 g/mol. The van der Waals surface area contributed by atoms with Crippen LogP contribution in [0.25, 0.3) is 21.1 Å². The van der Waals surface area contributed by atoms with E-state index in [9.17, 15) is 17.6 Å². The van der Waals surface area contributed by atoms with Crippen LogP contribution in [0.5, 0.6) is 0 Å². The molecule has 0 aliphatic rings. The molecule has 0 unspecified atom stereocenters. The lowest BCUT2D eigenvalue weighted by Crippen LogP contribution is -2.04. The minimum absolute atomic E-state index is 0.304. The van der Waals surface area contributed by atoms with Crippen LogP contribution in [0.15, 0.2) is 65.7 Å². The maximum Gasteiger partial charge on any atom is 0.416 e. The van der Waals surface area contributed by atoms with Crippen molar-refractivity contribution in [1.29, 1.82) is 0 Å². The number of thioether (sulfide) groups is 1. The van der Waals surface area contributed by atoms with Crippen LogP contribution in [0.1, 0.15) is 16.8 Å². The fourth-order valence-corrected chi connectivity index (χ4v) is 4.66. The van der Waals surface area contributed by atoms with Gasteiger partial charge in [-0.1, -0.05) is 30.0 Å². The van der Waals surface area contributed by atoms with Gasteiger partial charge >= 0.3 is 6.18 Å². The smallest absolute Gasteiger partial charge is 0.241 e. The number of thiazole rings is 1. The van der Waals surface area contributed by atoms with E-state index in [-0.39, 0.29) is 5.82 Å². The molecule has 0 spiro atoms. The van der Waals surface area contributed by atoms with Crippen LogP contribution >= 0.6 is 23.1 Å². The van der Waals surface area contributed by atoms with E-state index in [1.165, 1.54) is 41.3 Å². The van der Waals surface area contributed by atoms with Gasteiger partial charge in [0.2, 0.25) is 0 Å². The summed E-state index contributed by atoms with van der Waals surface area (Å²) in [6.07, 6.45) is -4.36. The molecule has 0 amide bonds. The molecule has 0 bridgehead atoms. The number of halogens is 4. The van der Waals surface area contributed by atoms with Gasteiger partial charge in [0, 0.05) is 11.3 Å². The number of aromatic nitrogens is 3. The molecule has 4 rings (SSSR count). The van der Waals surface area contributed by atoms with Gasteiger partial charge < -0.3 is 0 Å². The first-order valence-corrected chi connectivity index (χ1v) is 11.0. The molecule has 0 fully saturated rings. The van der Waals surface area contributed by atoms with Gasteiger partial charge in [0.1, 0.15) is 21.5 Å². The molecule has 0 aliphatic carbocycles. The summed E-state index contributed by atoms with van der Waals surface area (Å²) in [6.45, 7) is 1.87. The molecule has 9 heteroatoms. The predicted octanol–water partition coefficient (Wildman–Crippen LogP) is 7.03. The summed E-state index contributed by atoms with van der Waals surface area (Å²) in [5.41, 5.74) is 2.18. The Morgan fingerprint density at radius 1 is 0.968 bits per heavy atom. The Hall–Kier alpha value is -2.78. The highest BCUT2D eigenvalue weighted by molar-refractivity contribution is 7.98. The average Bonchev–Trinajstić information content (AvgIpc) is 3.14. The fraction of sp³-hybridized carbons (Fsp3) is 0.136. The van der Waals surface area contributed by atoms with Crippen molar-refractivity contribution in [2.75, 3.05) is 0 Å². The van der Waals surface area contributed by atoms with E-state index >= 15 is 0 Å². The Kier molecular flexibility index (Phi) is 6.06. The van der Waals surface area contributed by atoms with Crippen molar-refractivity contribution < 1.29 is 17.6 Å². The summed E-state index contributed by atoms with van der Waals surface area (Å²) in [6, 6.07) is 15.0. The van der Waals surface area contributed by atoms with Crippen LogP contribution in [0.3, 0.4) is 0 Å². The number of alkyl halides is 3. The van der Waals surface area contributed by atoms with E-state index < -0.39 is 11.7 Å². The van der Waals surface area contributed by atoms with Crippen molar-refractivity contribution >= 4 is 23.1 Å². The Labute approximate surface area is 184 Å². The predicted molar refractivity (Wildman–Crippen MR) is 114 cm³/mol. The number of hydrogen-bond donors (Lipinski definition) is 0. The highest BCUT2D eigenvalue weighted by Crippen LogP contribution is 2.35. The van der Waals surface area contributed by atoms with E-state index in [1.54, 1.807) is 24.3 Å². The normalized spacial score (nSPS) is 11.6. The van der Waals surface area contributed by atoms with Crippen molar-refractivity contribution in [2.24, 2.45) is 0 Å². The number of nitrogens with zero attached hydrogens (tertiary/aromatic N) is 3. The summed E-state index contributed by atoms with van der Waals surface area (Å²) >= 11 is 2.76. The van der Waals surface area contributed by atoms with Crippen LogP contribution in [-0.2, 0) is 11.9 Å². The van der Waals surface area contributed by atoms with E-state index in [4.69, 9.17) is 0 Å². The van der Waals surface area contributed by atoms with E-state index in [0.29, 0.717) is 22.0 Å². The van der Waals surface area contributed by atoms with Crippen molar-refractivity contribution in [3.63, 3.8) is 0 Å². The number of hydrogen-bond acceptors (Lipinski definition) is 5. The third kappa shape index (κ3) is 5.11. The van der Waals surface area contributed by atoms with Gasteiger partial charge in [0.15, 0.2) is 0 Å². The molecular weight excluding hydrogens is 446 g/mol. The van der Waals surface area contributed by atoms with E-state index in [0.717, 1.165) is 33.3 Å². The molecular formula is C22H15F4N3S2. The largest absolute Gasteiger partial charge is 0.416 e. The molecule has 158 valence electrons. The summed E-state index contributed by atoms with van der Waals surface area (Å²) in [5, 5.41) is 9.83. The summed E-state index contributed by atoms with van der Waals surface area (Å²) in [4.78, 5) is 5.41. The molecule has 2 aromatic carbocycles. The first-order chi connectivity index (χ1) is 14.8. The highest BCUT2D eigenvalue weighted by atomic mass is 32.2. The van der Waals surface area contributed by atoms with Gasteiger partial charge in [-0.15, -0.1) is 21.5 Å². The van der Waals surface area contributed by atoms with Gasteiger partial charge in [-0.2, -0.15) is 13.2 Å². The molecule has 0 atom stereocenters. The number of aryl methyl sites for hydroxylation is 1. The molecule has 4 aromatic rings. The standard InChI is InChI=1S/C22H15F4N3S2/c1-13-20(31-21(27-13)15-5-7-17(23)8-6-15)18-9-10-19(29-28-18)30-12-14-3-2-4-16(11-14)22(24,25)26/h2-11H,12H2,1H3. The zero-order valence-corrected chi connectivity index (χ0v) is 17.8. The van der Waals surface area contributed by atoms with Crippen molar-refractivity contribution in [2.45, 2.75) is 23.9 Å². The number of benzene rings is 2. The summed E-state index contributed by atoms with van der Waals surface area (Å²) < 4.78 is 51.7. The van der Waals surface area contributed by atoms with Crippen molar-refractivity contribution in [3.8, 4) is 21.1 Å². The lowest BCUT2D eigenvalue weighted by molar-refractivity contribution is -0.137. The first kappa shape index (κ1) is 21.5. The quantitative estimate of drug-likeness (QED) is 0.236. The molecule has 0 radical (unpaired) electrons. The van der Waals surface area contributed by atoms with Crippen LogP contribution in [-0.4, -0.2) is 15.2 Å². The second-order valence-corrected chi connectivity index (χ2v) is 8.68. The zero-order valence-electron chi connectivity index (χ0n) is 16.2. The highest BCUT2D eigenvalue weighted by Gasteiger charge is 2.30. The second-order valence-electron chi connectivity index (χ2n) is 6.68. The fourth-order valence-electron chi connectivity index (χ4n) is 2.86. The molecule has 0 aliphatic heterocycles. The maximum atomic E-state index is 13.1. The number of rotatable bonds is 5. The van der Waals surface area contributed by atoms with Crippen LogP contribution in [0, 0.1) is 12.7 Å². The third-order valence-corrected chi connectivity index (χ3v) is 6.62. The molecule has 0 saturated carbocycles. The summed E-state index contributed by atoms with van der Waals surface area (Å²) in [7, 11) is 0. The van der Waals surface area contributed by atoms with Gasteiger partial charge in [0.05, 0.1) is 16.1 Å². The Bertz CT molecular complexity index is 1190. The zero-order chi connectivity index (χ0) is 22.0. The van der Waals surface area contributed by atoms with E-state index in [1.807, 2.05) is 13.0 Å². The molecule has 2 aromatic heterocycles. The molecule has 31 heavy (non-hydrogen) atoms. The van der Waals surface area contributed by atoms with Crippen LogP contribution in [0.2, 0.25) is 0 Å². The molecule has 0 saturated heterocycles. The second kappa shape index (κ2) is 8.76. The van der Waals surface area contributed by atoms with Gasteiger partial charge in [-0.3, -0.25) is 0 Å². The Morgan fingerprint density at radius 2 is 1.74 bits per heavy atom. The van der Waals surface area contributed by atoms with Gasteiger partial charge in [-0.05, 0) is 55.0 Å². The van der Waals surface area contributed by atoms with Crippen LogP contribution < -0.4 is 0 Å². The first-order valence-electron chi connectivity index (χ1n) is 9.16. The Balaban J connectivity index is 1.47. The summed E-state index contributed by atoms with van der Waals surface area (Å²) in [5.74, 6) is 0.0491. The average molecular weight is 462 g/mol. The minimum atomic E-state index is -4.36. The molecule has 2 heterocycles. The third-order valence-electron chi connectivity index (χ3n) is 4.40. The Morgan fingerprint density at radius 3 is 2.42 bits per heavy atom.